The minimum Gasteiger partial charge on any atom is -0.370 e. The summed E-state index contributed by atoms with van der Waals surface area (Å²) in [6, 6.07) is 15.4. The smallest absolute Gasteiger partial charge is 0.192 e. The van der Waals surface area contributed by atoms with E-state index in [2.05, 4.69) is 9.98 Å². The third kappa shape index (κ3) is 2.36. The molecule has 0 radical (unpaired) electrons. The van der Waals surface area contributed by atoms with Crippen molar-refractivity contribution >= 4 is 11.8 Å². The van der Waals surface area contributed by atoms with E-state index in [1.54, 1.807) is 6.07 Å². The number of hydrogen-bond donors (Lipinski definition) is 2. The summed E-state index contributed by atoms with van der Waals surface area (Å²) in [5, 5.41) is 0. The van der Waals surface area contributed by atoms with Crippen molar-refractivity contribution in [1.82, 2.24) is 4.98 Å². The maximum absolute atomic E-state index is 5.30. The number of nitrogens with two attached hydrogens (primary N) is 2. The number of benzene rings is 1. The molecule has 0 aliphatic heterocycles. The predicted molar refractivity (Wildman–Crippen MR) is 65.1 cm³/mol. The number of aromatic nitrogens is 1. The number of rotatable bonds is 2. The van der Waals surface area contributed by atoms with E-state index in [1.807, 2.05) is 42.5 Å². The molecule has 0 unspecified atom stereocenters. The van der Waals surface area contributed by atoms with Crippen LogP contribution in [0.4, 0.5) is 5.82 Å². The molecule has 16 heavy (non-hydrogen) atoms. The number of nitrogens with zero attached hydrogens (tertiary/aromatic N) is 2. The van der Waals surface area contributed by atoms with Crippen LogP contribution >= 0.6 is 0 Å². The number of aliphatic imine (C=N–C) groups is 1. The van der Waals surface area contributed by atoms with Gasteiger partial charge in [0.05, 0.1) is 5.69 Å². The third-order valence-corrected chi connectivity index (χ3v) is 2.05. The zero-order chi connectivity index (χ0) is 11.4. The van der Waals surface area contributed by atoms with Crippen LogP contribution in [0.5, 0.6) is 0 Å². The van der Waals surface area contributed by atoms with Crippen molar-refractivity contribution < 1.29 is 0 Å². The molecule has 0 saturated heterocycles. The highest BCUT2D eigenvalue weighted by molar-refractivity contribution is 5.78. The zero-order valence-corrected chi connectivity index (χ0v) is 8.67. The molecule has 0 fully saturated rings. The summed E-state index contributed by atoms with van der Waals surface area (Å²) in [5.74, 6) is 0.527. The minimum absolute atomic E-state index is 0.0118. The van der Waals surface area contributed by atoms with Gasteiger partial charge in [0.15, 0.2) is 11.8 Å². The highest BCUT2D eigenvalue weighted by Gasteiger charge is 1.99. The van der Waals surface area contributed by atoms with Crippen molar-refractivity contribution in [2.45, 2.75) is 0 Å². The molecule has 1 aromatic carbocycles. The summed E-state index contributed by atoms with van der Waals surface area (Å²) in [6.45, 7) is 0. The van der Waals surface area contributed by atoms with E-state index in [9.17, 15) is 0 Å². The fraction of sp³-hybridized carbons (Fsp3) is 0. The number of hydrogen-bond acceptors (Lipinski definition) is 2. The Morgan fingerprint density at radius 2 is 1.69 bits per heavy atom. The number of pyridine rings is 1. The highest BCUT2D eigenvalue weighted by atomic mass is 15.0. The van der Waals surface area contributed by atoms with Gasteiger partial charge in [0.1, 0.15) is 0 Å². The van der Waals surface area contributed by atoms with E-state index in [1.165, 1.54) is 0 Å². The molecule has 0 atom stereocenters. The summed E-state index contributed by atoms with van der Waals surface area (Å²) in [6.07, 6.45) is 0. The van der Waals surface area contributed by atoms with E-state index < -0.39 is 0 Å². The lowest BCUT2D eigenvalue weighted by molar-refractivity contribution is 1.26. The van der Waals surface area contributed by atoms with E-state index >= 15 is 0 Å². The average Bonchev–Trinajstić information content (AvgIpc) is 2.30. The van der Waals surface area contributed by atoms with Crippen LogP contribution in [-0.4, -0.2) is 10.9 Å². The van der Waals surface area contributed by atoms with Gasteiger partial charge >= 0.3 is 0 Å². The van der Waals surface area contributed by atoms with Crippen LogP contribution in [-0.2, 0) is 0 Å². The van der Waals surface area contributed by atoms with Crippen LogP contribution in [0.3, 0.4) is 0 Å². The summed E-state index contributed by atoms with van der Waals surface area (Å²) in [7, 11) is 0. The normalized spacial score (nSPS) is 9.75. The Kier molecular flexibility index (Phi) is 2.82. The van der Waals surface area contributed by atoms with Crippen LogP contribution in [0, 0.1) is 0 Å². The van der Waals surface area contributed by atoms with Crippen LogP contribution in [0.1, 0.15) is 0 Å². The van der Waals surface area contributed by atoms with E-state index in [4.69, 9.17) is 11.5 Å². The Morgan fingerprint density at radius 3 is 2.38 bits per heavy atom. The van der Waals surface area contributed by atoms with Gasteiger partial charge in [-0.3, -0.25) is 0 Å². The van der Waals surface area contributed by atoms with Crippen molar-refractivity contribution in [3.63, 3.8) is 0 Å². The molecule has 1 heterocycles. The lowest BCUT2D eigenvalue weighted by atomic mass is 10.1. The first-order chi connectivity index (χ1) is 7.75. The molecule has 4 N–H and O–H groups in total. The lowest BCUT2D eigenvalue weighted by Gasteiger charge is -2.01. The van der Waals surface area contributed by atoms with Crippen LogP contribution in [0.15, 0.2) is 53.5 Å². The fourth-order valence-corrected chi connectivity index (χ4v) is 1.39. The van der Waals surface area contributed by atoms with Gasteiger partial charge in [-0.15, -0.1) is 0 Å². The third-order valence-electron chi connectivity index (χ3n) is 2.05. The Bertz CT molecular complexity index is 501. The SMILES string of the molecule is NC(N)=Nc1cccc(-c2ccccc2)n1. The van der Waals surface area contributed by atoms with Crippen LogP contribution < -0.4 is 11.5 Å². The largest absolute Gasteiger partial charge is 0.370 e. The first-order valence-corrected chi connectivity index (χ1v) is 4.88. The predicted octanol–water partition coefficient (Wildman–Crippen LogP) is 1.65. The second-order valence-electron chi connectivity index (χ2n) is 3.28. The van der Waals surface area contributed by atoms with Crippen LogP contribution in [0.25, 0.3) is 11.3 Å². The van der Waals surface area contributed by atoms with Gasteiger partial charge in [0, 0.05) is 5.56 Å². The molecule has 0 saturated carbocycles. The molecule has 1 aromatic heterocycles. The molecular formula is C12H12N4. The zero-order valence-electron chi connectivity index (χ0n) is 8.67. The van der Waals surface area contributed by atoms with E-state index in [0.717, 1.165) is 11.3 Å². The highest BCUT2D eigenvalue weighted by Crippen LogP contribution is 2.19. The van der Waals surface area contributed by atoms with Crippen molar-refractivity contribution in [1.29, 1.82) is 0 Å². The maximum atomic E-state index is 5.30. The monoisotopic (exact) mass is 212 g/mol. The Morgan fingerprint density at radius 1 is 0.938 bits per heavy atom. The Hall–Kier alpha value is -2.36. The molecule has 2 aromatic rings. The van der Waals surface area contributed by atoms with Crippen LogP contribution in [0.2, 0.25) is 0 Å². The van der Waals surface area contributed by atoms with Gasteiger partial charge in [0.25, 0.3) is 0 Å². The Balaban J connectivity index is 2.41. The minimum atomic E-state index is 0.0118. The quantitative estimate of drug-likeness (QED) is 0.587. The van der Waals surface area contributed by atoms with E-state index in [-0.39, 0.29) is 5.96 Å². The maximum Gasteiger partial charge on any atom is 0.192 e. The van der Waals surface area contributed by atoms with Gasteiger partial charge < -0.3 is 11.5 Å². The molecule has 0 bridgehead atoms. The lowest BCUT2D eigenvalue weighted by Crippen LogP contribution is -2.22. The standard InChI is InChI=1S/C12H12N4/c13-12(14)16-11-8-4-7-10(15-11)9-5-2-1-3-6-9/h1-8H,(H4,13,14,15,16). The Labute approximate surface area is 93.6 Å². The molecule has 2 rings (SSSR count). The van der Waals surface area contributed by atoms with Gasteiger partial charge in [0.2, 0.25) is 0 Å². The molecule has 0 aliphatic carbocycles. The summed E-state index contributed by atoms with van der Waals surface area (Å²) in [5.41, 5.74) is 12.5. The molecule has 80 valence electrons. The second kappa shape index (κ2) is 4.44. The van der Waals surface area contributed by atoms with Gasteiger partial charge in [-0.05, 0) is 12.1 Å². The summed E-state index contributed by atoms with van der Waals surface area (Å²) >= 11 is 0. The molecule has 0 amide bonds. The first-order valence-electron chi connectivity index (χ1n) is 4.88. The van der Waals surface area contributed by atoms with Gasteiger partial charge in [-0.2, -0.15) is 4.99 Å². The van der Waals surface area contributed by atoms with Gasteiger partial charge in [-0.1, -0.05) is 36.4 Å². The second-order valence-corrected chi connectivity index (χ2v) is 3.28. The van der Waals surface area contributed by atoms with Crippen molar-refractivity contribution in [3.05, 3.63) is 48.5 Å². The molecule has 0 aliphatic rings. The molecular weight excluding hydrogens is 200 g/mol. The molecule has 4 nitrogen and oxygen atoms in total. The summed E-state index contributed by atoms with van der Waals surface area (Å²) in [4.78, 5) is 8.24. The molecule has 0 spiro atoms. The number of guanidine groups is 1. The van der Waals surface area contributed by atoms with Crippen molar-refractivity contribution in [3.8, 4) is 11.3 Å². The fourth-order valence-electron chi connectivity index (χ4n) is 1.39. The topological polar surface area (TPSA) is 77.3 Å². The van der Waals surface area contributed by atoms with Crippen molar-refractivity contribution in [2.75, 3.05) is 0 Å². The summed E-state index contributed by atoms with van der Waals surface area (Å²) < 4.78 is 0. The van der Waals surface area contributed by atoms with Gasteiger partial charge in [-0.25, -0.2) is 4.98 Å². The average molecular weight is 212 g/mol. The first kappa shape index (κ1) is 10.2. The van der Waals surface area contributed by atoms with E-state index in [0.29, 0.717) is 5.82 Å². The molecule has 4 heteroatoms. The van der Waals surface area contributed by atoms with Crippen molar-refractivity contribution in [2.24, 2.45) is 16.5 Å².